The molecule has 2 heterocycles. The zero-order valence-corrected chi connectivity index (χ0v) is 22.8. The molecule has 2 N–H and O–H groups in total. The summed E-state index contributed by atoms with van der Waals surface area (Å²) in [6.07, 6.45) is 3.77. The number of benzene rings is 1. The molecule has 3 aromatic rings. The average molecular weight is 561 g/mol. The lowest BCUT2D eigenvalue weighted by Gasteiger charge is -2.35. The van der Waals surface area contributed by atoms with Crippen LogP contribution in [-0.2, 0) is 19.9 Å². The molecule has 1 aromatic carbocycles. The number of thiophene rings is 2. The monoisotopic (exact) mass is 560 g/mol. The van der Waals surface area contributed by atoms with Crippen LogP contribution in [0.15, 0.2) is 53.2 Å². The highest BCUT2D eigenvalue weighted by Gasteiger charge is 2.45. The summed E-state index contributed by atoms with van der Waals surface area (Å²) < 4.78 is 5.83. The molecule has 0 unspecified atom stereocenters. The van der Waals surface area contributed by atoms with E-state index in [1.807, 2.05) is 29.9 Å². The lowest BCUT2D eigenvalue weighted by molar-refractivity contribution is -0.169. The standard InChI is InChI=1S/C27H29ClN2O5S2/c1-30(13-12-25(32)29-22-11-6-18(17-31)16-21(22)28)19-7-9-20(10-8-19)35-26(33)27(34,23-4-2-14-36-23)24-5-3-15-37-24/h2-6,11,14-17,19-20,34H,7-10,12-13H2,1H3,(H,29,32). The van der Waals surface area contributed by atoms with Crippen molar-refractivity contribution in [2.75, 3.05) is 18.9 Å². The van der Waals surface area contributed by atoms with Crippen LogP contribution in [0.2, 0.25) is 5.02 Å². The number of esters is 1. The third kappa shape index (κ3) is 6.48. The second-order valence-corrected chi connectivity index (χ2v) is 11.4. The van der Waals surface area contributed by atoms with Crippen molar-refractivity contribution >= 4 is 58.1 Å². The van der Waals surface area contributed by atoms with E-state index in [0.717, 1.165) is 12.8 Å². The number of carbonyl (C=O) groups excluding carboxylic acids is 3. The van der Waals surface area contributed by atoms with Crippen LogP contribution in [0.3, 0.4) is 0 Å². The summed E-state index contributed by atoms with van der Waals surface area (Å²) in [6.45, 7) is 0.571. The van der Waals surface area contributed by atoms with Crippen molar-refractivity contribution in [2.45, 2.75) is 49.9 Å². The number of rotatable bonds is 10. The third-order valence-electron chi connectivity index (χ3n) is 6.69. The van der Waals surface area contributed by atoms with Crippen LogP contribution in [0.25, 0.3) is 0 Å². The Kier molecular flexibility index (Phi) is 9.15. The summed E-state index contributed by atoms with van der Waals surface area (Å²) in [7, 11) is 1.99. The number of hydrogen-bond acceptors (Lipinski definition) is 8. The molecule has 1 fully saturated rings. The molecule has 0 radical (unpaired) electrons. The van der Waals surface area contributed by atoms with Crippen LogP contribution < -0.4 is 5.32 Å². The summed E-state index contributed by atoms with van der Waals surface area (Å²) in [6, 6.07) is 12.1. The van der Waals surface area contributed by atoms with Gasteiger partial charge in [0.1, 0.15) is 12.4 Å². The number of nitrogens with zero attached hydrogens (tertiary/aromatic N) is 1. The molecule has 1 amide bonds. The van der Waals surface area contributed by atoms with Gasteiger partial charge >= 0.3 is 5.97 Å². The van der Waals surface area contributed by atoms with E-state index in [0.29, 0.717) is 58.1 Å². The van der Waals surface area contributed by atoms with Gasteiger partial charge in [-0.05, 0) is 73.8 Å². The molecule has 1 saturated carbocycles. The maximum atomic E-state index is 13.2. The van der Waals surface area contributed by atoms with Gasteiger partial charge in [-0.1, -0.05) is 23.7 Å². The Labute approximate surface area is 229 Å². The van der Waals surface area contributed by atoms with Gasteiger partial charge in [-0.2, -0.15) is 0 Å². The topological polar surface area (TPSA) is 95.9 Å². The Hall–Kier alpha value is -2.56. The van der Waals surface area contributed by atoms with Crippen LogP contribution in [0.5, 0.6) is 0 Å². The second kappa shape index (κ2) is 12.3. The minimum absolute atomic E-state index is 0.156. The number of nitrogens with one attached hydrogen (secondary N) is 1. The summed E-state index contributed by atoms with van der Waals surface area (Å²) in [5, 5.41) is 18.2. The highest BCUT2D eigenvalue weighted by Crippen LogP contribution is 2.38. The van der Waals surface area contributed by atoms with Gasteiger partial charge in [-0.15, -0.1) is 22.7 Å². The van der Waals surface area contributed by atoms with E-state index in [1.165, 1.54) is 28.7 Å². The molecule has 1 aliphatic carbocycles. The summed E-state index contributed by atoms with van der Waals surface area (Å²) in [4.78, 5) is 39.7. The molecule has 1 aliphatic rings. The number of halogens is 1. The fraction of sp³-hybridized carbons (Fsp3) is 0.370. The zero-order valence-electron chi connectivity index (χ0n) is 20.4. The zero-order chi connectivity index (χ0) is 26.4. The number of ether oxygens (including phenoxy) is 1. The van der Waals surface area contributed by atoms with E-state index in [-0.39, 0.29) is 18.1 Å². The maximum absolute atomic E-state index is 13.2. The van der Waals surface area contributed by atoms with E-state index < -0.39 is 11.6 Å². The predicted molar refractivity (Wildman–Crippen MR) is 146 cm³/mol. The Morgan fingerprint density at radius 2 is 1.78 bits per heavy atom. The van der Waals surface area contributed by atoms with Crippen molar-refractivity contribution < 1.29 is 24.2 Å². The lowest BCUT2D eigenvalue weighted by atomic mass is 9.91. The van der Waals surface area contributed by atoms with E-state index in [1.54, 1.807) is 24.3 Å². The Bertz CT molecular complexity index is 1170. The van der Waals surface area contributed by atoms with Gasteiger partial charge < -0.3 is 20.1 Å². The first-order chi connectivity index (χ1) is 17.8. The molecule has 0 aliphatic heterocycles. The molecule has 37 heavy (non-hydrogen) atoms. The van der Waals surface area contributed by atoms with Crippen LogP contribution in [0.4, 0.5) is 5.69 Å². The SMILES string of the molecule is CN(CCC(=O)Nc1ccc(C=O)cc1Cl)C1CCC(OC(=O)C(O)(c2cccs2)c2cccs2)CC1. The number of amides is 1. The Morgan fingerprint density at radius 3 is 2.32 bits per heavy atom. The van der Waals surface area contributed by atoms with Crippen LogP contribution in [-0.4, -0.2) is 53.9 Å². The maximum Gasteiger partial charge on any atom is 0.349 e. The molecule has 2 aromatic heterocycles. The Morgan fingerprint density at radius 1 is 1.14 bits per heavy atom. The van der Waals surface area contributed by atoms with Gasteiger partial charge in [0.15, 0.2) is 0 Å². The molecular weight excluding hydrogens is 532 g/mol. The molecule has 196 valence electrons. The van der Waals surface area contributed by atoms with Crippen molar-refractivity contribution in [2.24, 2.45) is 0 Å². The van der Waals surface area contributed by atoms with Gasteiger partial charge in [0.25, 0.3) is 0 Å². The molecule has 0 spiro atoms. The fourth-order valence-electron chi connectivity index (χ4n) is 4.51. The van der Waals surface area contributed by atoms with Crippen molar-refractivity contribution in [3.8, 4) is 0 Å². The molecule has 0 saturated heterocycles. The number of anilines is 1. The summed E-state index contributed by atoms with van der Waals surface area (Å²) >= 11 is 8.79. The van der Waals surface area contributed by atoms with E-state index in [4.69, 9.17) is 16.3 Å². The summed E-state index contributed by atoms with van der Waals surface area (Å²) in [5.41, 5.74) is -0.862. The van der Waals surface area contributed by atoms with Crippen molar-refractivity contribution in [1.82, 2.24) is 4.90 Å². The van der Waals surface area contributed by atoms with Gasteiger partial charge in [0.05, 0.1) is 20.5 Å². The number of aliphatic hydroxyl groups is 1. The van der Waals surface area contributed by atoms with E-state index in [9.17, 15) is 19.5 Å². The first-order valence-corrected chi connectivity index (χ1v) is 14.2. The van der Waals surface area contributed by atoms with Crippen LogP contribution >= 0.6 is 34.3 Å². The molecular formula is C27H29ClN2O5S2. The first-order valence-electron chi connectivity index (χ1n) is 12.1. The molecule has 10 heteroatoms. The van der Waals surface area contributed by atoms with Crippen LogP contribution in [0.1, 0.15) is 52.2 Å². The van der Waals surface area contributed by atoms with Gasteiger partial charge in [-0.25, -0.2) is 4.79 Å². The minimum Gasteiger partial charge on any atom is -0.460 e. The molecule has 7 nitrogen and oxygen atoms in total. The Balaban J connectivity index is 1.25. The van der Waals surface area contributed by atoms with E-state index in [2.05, 4.69) is 10.2 Å². The largest absolute Gasteiger partial charge is 0.460 e. The average Bonchev–Trinajstić information content (AvgIpc) is 3.64. The van der Waals surface area contributed by atoms with E-state index >= 15 is 0 Å². The summed E-state index contributed by atoms with van der Waals surface area (Å²) in [5.74, 6) is -0.789. The van der Waals surface area contributed by atoms with Gasteiger partial charge in [0.2, 0.25) is 11.5 Å². The number of hydrogen-bond donors (Lipinski definition) is 2. The van der Waals surface area contributed by atoms with Crippen molar-refractivity contribution in [3.63, 3.8) is 0 Å². The molecule has 0 atom stereocenters. The predicted octanol–water partition coefficient (Wildman–Crippen LogP) is 5.33. The van der Waals surface area contributed by atoms with Crippen LogP contribution in [0, 0.1) is 0 Å². The number of carbonyl (C=O) groups is 3. The third-order valence-corrected chi connectivity index (χ3v) is 8.96. The molecule has 0 bridgehead atoms. The second-order valence-electron chi connectivity index (χ2n) is 9.14. The molecule has 4 rings (SSSR count). The van der Waals surface area contributed by atoms with Crippen molar-refractivity contribution in [3.05, 3.63) is 73.6 Å². The smallest absolute Gasteiger partial charge is 0.349 e. The quantitative estimate of drug-likeness (QED) is 0.257. The minimum atomic E-state index is -1.79. The van der Waals surface area contributed by atoms with Gasteiger partial charge in [-0.3, -0.25) is 9.59 Å². The first kappa shape index (κ1) is 27.5. The van der Waals surface area contributed by atoms with Gasteiger partial charge in [0, 0.05) is 24.6 Å². The normalized spacial score (nSPS) is 17.9. The van der Waals surface area contributed by atoms with Crippen molar-refractivity contribution in [1.29, 1.82) is 0 Å². The lowest BCUT2D eigenvalue weighted by Crippen LogP contribution is -2.42. The fourth-order valence-corrected chi connectivity index (χ4v) is 6.46. The highest BCUT2D eigenvalue weighted by atomic mass is 35.5. The highest BCUT2D eigenvalue weighted by molar-refractivity contribution is 7.12. The number of aldehydes is 1.